The smallest absolute Gasteiger partial charge is 0.387 e. The van der Waals surface area contributed by atoms with Crippen LogP contribution >= 0.6 is 15.6 Å². The van der Waals surface area contributed by atoms with Crippen molar-refractivity contribution in [3.05, 3.63) is 62.7 Å². The van der Waals surface area contributed by atoms with Gasteiger partial charge in [-0.1, -0.05) is 6.07 Å². The van der Waals surface area contributed by atoms with Crippen molar-refractivity contribution >= 4 is 15.6 Å². The lowest BCUT2D eigenvalue weighted by Gasteiger charge is -2.19. The van der Waals surface area contributed by atoms with Crippen molar-refractivity contribution in [1.82, 2.24) is 14.5 Å². The fourth-order valence-corrected chi connectivity index (χ4v) is 4.95. The number of phosphoric ester groups is 2. The lowest BCUT2D eigenvalue weighted by molar-refractivity contribution is -0.0543. The number of nitrogens with zero attached hydrogens (tertiary/aromatic N) is 2. The van der Waals surface area contributed by atoms with Crippen molar-refractivity contribution < 1.29 is 47.2 Å². The third-order valence-electron chi connectivity index (χ3n) is 4.39. The second-order valence-electron chi connectivity index (χ2n) is 6.92. The Morgan fingerprint density at radius 2 is 1.82 bits per heavy atom. The quantitative estimate of drug-likeness (QED) is 0.265. The summed E-state index contributed by atoms with van der Waals surface area (Å²) in [5, 5.41) is 20.2. The van der Waals surface area contributed by atoms with Gasteiger partial charge in [-0.3, -0.25) is 28.4 Å². The molecule has 182 valence electrons. The van der Waals surface area contributed by atoms with Crippen LogP contribution < -0.4 is 11.2 Å². The first-order chi connectivity index (χ1) is 15.4. The van der Waals surface area contributed by atoms with Crippen molar-refractivity contribution in [3.8, 4) is 0 Å². The van der Waals surface area contributed by atoms with E-state index in [1.807, 2.05) is 4.98 Å². The average Bonchev–Trinajstić information content (AvgIpc) is 2.99. The lowest BCUT2D eigenvalue weighted by Crippen LogP contribution is -2.37. The summed E-state index contributed by atoms with van der Waals surface area (Å²) in [6.45, 7) is 0.310. The van der Waals surface area contributed by atoms with Gasteiger partial charge in [0, 0.05) is 18.0 Å². The SMILES string of the molecule is Cc1cccc(COP(=O)(O)OP(=O)(O)OC[C@H]2O[C@@H](n3ccc(=O)[nH]c3=O)[C@H](O)[C@@H]2O)n1. The fraction of sp³-hybridized carbons (Fsp3) is 0.438. The molecule has 0 spiro atoms. The predicted molar refractivity (Wildman–Crippen MR) is 108 cm³/mol. The molecule has 1 fully saturated rings. The van der Waals surface area contributed by atoms with Crippen LogP contribution in [0.3, 0.4) is 0 Å². The second kappa shape index (κ2) is 10.1. The van der Waals surface area contributed by atoms with Crippen molar-refractivity contribution in [2.75, 3.05) is 6.61 Å². The number of aromatic nitrogens is 3. The number of nitrogens with one attached hydrogen (secondary N) is 1. The normalized spacial score (nSPS) is 26.6. The monoisotopic (exact) mass is 509 g/mol. The van der Waals surface area contributed by atoms with Crippen LogP contribution in [0.15, 0.2) is 40.1 Å². The number of hydrogen-bond donors (Lipinski definition) is 5. The van der Waals surface area contributed by atoms with E-state index in [2.05, 4.69) is 18.3 Å². The molecule has 0 amide bonds. The van der Waals surface area contributed by atoms with E-state index in [4.69, 9.17) is 4.74 Å². The van der Waals surface area contributed by atoms with Gasteiger partial charge in [-0.2, -0.15) is 4.31 Å². The molecule has 0 aromatic carbocycles. The number of aryl methyl sites for hydroxylation is 1. The van der Waals surface area contributed by atoms with Crippen molar-refractivity contribution in [3.63, 3.8) is 0 Å². The molecule has 3 rings (SSSR count). The largest absolute Gasteiger partial charge is 0.481 e. The molecule has 15 nitrogen and oxygen atoms in total. The molecule has 0 radical (unpaired) electrons. The maximum absolute atomic E-state index is 12.1. The van der Waals surface area contributed by atoms with Crippen LogP contribution in [0.4, 0.5) is 0 Å². The highest BCUT2D eigenvalue weighted by molar-refractivity contribution is 7.61. The van der Waals surface area contributed by atoms with E-state index in [9.17, 15) is 38.7 Å². The van der Waals surface area contributed by atoms with E-state index >= 15 is 0 Å². The van der Waals surface area contributed by atoms with Gasteiger partial charge in [0.05, 0.1) is 12.3 Å². The molecule has 6 atom stereocenters. The Bertz CT molecular complexity index is 1200. The Kier molecular flexibility index (Phi) is 7.81. The molecule has 33 heavy (non-hydrogen) atoms. The topological polar surface area (TPSA) is 220 Å². The number of hydrogen-bond acceptors (Lipinski definition) is 11. The molecular formula is C16H21N3O12P2. The standard InChI is InChI=1S/C16H21N3O12P2/c1-9-3-2-4-10(17-9)7-28-32(24,25)31-33(26,27)29-8-11-13(21)14(22)15(30-11)19-6-5-12(20)18-16(19)23/h2-6,11,13-15,21-22H,7-8H2,1H3,(H,24,25)(H,26,27)(H,18,20,23)/t11-,13-,14-,15-/m1/s1. The van der Waals surface area contributed by atoms with Gasteiger partial charge in [-0.15, -0.1) is 0 Å². The van der Waals surface area contributed by atoms with Gasteiger partial charge in [-0.25, -0.2) is 13.9 Å². The second-order valence-corrected chi connectivity index (χ2v) is 9.97. The molecule has 5 N–H and O–H groups in total. The van der Waals surface area contributed by atoms with Gasteiger partial charge in [-0.05, 0) is 19.1 Å². The van der Waals surface area contributed by atoms with Crippen LogP contribution in [-0.4, -0.2) is 59.5 Å². The fourth-order valence-electron chi connectivity index (χ4n) is 2.90. The van der Waals surface area contributed by atoms with Gasteiger partial charge in [0.15, 0.2) is 6.23 Å². The maximum Gasteiger partial charge on any atom is 0.481 e. The summed E-state index contributed by atoms with van der Waals surface area (Å²) in [5.41, 5.74) is -0.753. The highest BCUT2D eigenvalue weighted by atomic mass is 31.3. The number of aromatic amines is 1. The van der Waals surface area contributed by atoms with Crippen LogP contribution in [-0.2, 0) is 33.8 Å². The number of aliphatic hydroxyl groups is 2. The number of H-pyrrole nitrogens is 1. The summed E-state index contributed by atoms with van der Waals surface area (Å²) in [6, 6.07) is 5.79. The van der Waals surface area contributed by atoms with E-state index in [1.165, 1.54) is 6.07 Å². The van der Waals surface area contributed by atoms with Crippen molar-refractivity contribution in [2.24, 2.45) is 0 Å². The zero-order chi connectivity index (χ0) is 24.4. The summed E-state index contributed by atoms with van der Waals surface area (Å²) in [6.07, 6.45) is -5.23. The average molecular weight is 509 g/mol. The van der Waals surface area contributed by atoms with Crippen LogP contribution in [0.2, 0.25) is 0 Å². The molecule has 0 bridgehead atoms. The van der Waals surface area contributed by atoms with Crippen LogP contribution in [0, 0.1) is 6.92 Å². The summed E-state index contributed by atoms with van der Waals surface area (Å²) < 4.78 is 43.6. The van der Waals surface area contributed by atoms with E-state index in [1.54, 1.807) is 19.1 Å². The van der Waals surface area contributed by atoms with Gasteiger partial charge < -0.3 is 24.7 Å². The minimum Gasteiger partial charge on any atom is -0.387 e. The Balaban J connectivity index is 1.58. The first-order valence-corrected chi connectivity index (χ1v) is 12.3. The summed E-state index contributed by atoms with van der Waals surface area (Å²) >= 11 is 0. The minimum absolute atomic E-state index is 0.265. The van der Waals surface area contributed by atoms with Gasteiger partial charge in [0.25, 0.3) is 5.56 Å². The first kappa shape index (κ1) is 25.6. The molecule has 2 unspecified atom stereocenters. The molecule has 1 aliphatic heterocycles. The highest BCUT2D eigenvalue weighted by Crippen LogP contribution is 2.60. The predicted octanol–water partition coefficient (Wildman–Crippen LogP) is -0.690. The van der Waals surface area contributed by atoms with Crippen LogP contribution in [0.5, 0.6) is 0 Å². The van der Waals surface area contributed by atoms with E-state index in [0.29, 0.717) is 5.69 Å². The zero-order valence-electron chi connectivity index (χ0n) is 17.0. The molecule has 3 heterocycles. The molecule has 2 aromatic heterocycles. The summed E-state index contributed by atoms with van der Waals surface area (Å²) in [5.74, 6) is 0. The number of ether oxygens (including phenoxy) is 1. The maximum atomic E-state index is 12.1. The summed E-state index contributed by atoms with van der Waals surface area (Å²) in [4.78, 5) is 48.4. The number of aliphatic hydroxyl groups excluding tert-OH is 2. The van der Waals surface area contributed by atoms with Crippen LogP contribution in [0.25, 0.3) is 0 Å². The molecule has 2 aromatic rings. The first-order valence-electron chi connectivity index (χ1n) is 9.28. The molecule has 1 aliphatic rings. The highest BCUT2D eigenvalue weighted by Gasteiger charge is 2.46. The van der Waals surface area contributed by atoms with Gasteiger partial charge in [0.2, 0.25) is 0 Å². The van der Waals surface area contributed by atoms with Gasteiger partial charge >= 0.3 is 21.3 Å². The van der Waals surface area contributed by atoms with E-state index in [0.717, 1.165) is 16.8 Å². The molecule has 1 saturated heterocycles. The molecule has 0 saturated carbocycles. The Morgan fingerprint density at radius 1 is 1.12 bits per heavy atom. The van der Waals surface area contributed by atoms with Crippen molar-refractivity contribution in [1.29, 1.82) is 0 Å². The van der Waals surface area contributed by atoms with Crippen molar-refractivity contribution in [2.45, 2.75) is 38.1 Å². The van der Waals surface area contributed by atoms with Gasteiger partial charge in [0.1, 0.15) is 24.9 Å². The zero-order valence-corrected chi connectivity index (χ0v) is 18.7. The number of rotatable bonds is 9. The number of pyridine rings is 1. The third-order valence-corrected chi connectivity index (χ3v) is 6.97. The van der Waals surface area contributed by atoms with Crippen LogP contribution in [0.1, 0.15) is 17.6 Å². The molecular weight excluding hydrogens is 488 g/mol. The van der Waals surface area contributed by atoms with E-state index < -0.39 is 64.6 Å². The Morgan fingerprint density at radius 3 is 2.48 bits per heavy atom. The Labute approximate surface area is 185 Å². The van der Waals surface area contributed by atoms with E-state index in [-0.39, 0.29) is 5.69 Å². The molecule has 0 aliphatic carbocycles. The minimum atomic E-state index is -5.20. The molecule has 17 heteroatoms. The summed E-state index contributed by atoms with van der Waals surface area (Å²) in [7, 11) is -10.3. The Hall–Kier alpha value is -2.03. The number of phosphoric acid groups is 2. The third kappa shape index (κ3) is 6.74. The lowest BCUT2D eigenvalue weighted by atomic mass is 10.1.